The quantitative estimate of drug-likeness (QED) is 0.388. The number of para-hydroxylation sites is 1. The van der Waals surface area contributed by atoms with Gasteiger partial charge in [-0.1, -0.05) is 38.1 Å². The van der Waals surface area contributed by atoms with Crippen LogP contribution in [0.3, 0.4) is 0 Å². The van der Waals surface area contributed by atoms with Gasteiger partial charge in [0.2, 0.25) is 5.95 Å². The maximum atomic E-state index is 9.85. The highest BCUT2D eigenvalue weighted by Gasteiger charge is 2.38. The van der Waals surface area contributed by atoms with E-state index in [-0.39, 0.29) is 12.6 Å². The van der Waals surface area contributed by atoms with Gasteiger partial charge in [0.25, 0.3) is 0 Å². The summed E-state index contributed by atoms with van der Waals surface area (Å²) in [5.41, 5.74) is 4.09. The predicted octanol–water partition coefficient (Wildman–Crippen LogP) is 5.73. The fourth-order valence-corrected chi connectivity index (χ4v) is 6.62. The van der Waals surface area contributed by atoms with Crippen LogP contribution in [-0.2, 0) is 0 Å². The van der Waals surface area contributed by atoms with Crippen LogP contribution in [-0.4, -0.2) is 45.0 Å². The molecule has 0 spiro atoms. The smallest absolute Gasteiger partial charge is 0.225 e. The Hall–Kier alpha value is -2.42. The number of thioether (sulfide) groups is 1. The van der Waals surface area contributed by atoms with Crippen molar-refractivity contribution in [3.05, 3.63) is 53.1 Å². The maximum absolute atomic E-state index is 9.85. The molecule has 2 aliphatic rings. The van der Waals surface area contributed by atoms with E-state index in [9.17, 15) is 5.11 Å². The van der Waals surface area contributed by atoms with Crippen molar-refractivity contribution >= 4 is 45.1 Å². The van der Waals surface area contributed by atoms with Crippen molar-refractivity contribution in [2.24, 2.45) is 17.8 Å². The minimum absolute atomic E-state index is 0.227. The standard InChI is InChI=1S/C26H31N5OS2/c1-15-16(2)21(11-19(15)13-32)29-24-23(25-30-20-8-4-5-9-22(20)34-25)17(3)28-26(31-24)27-12-18-7-6-10-33-14-18/h4-9,14-16,19,21,32H,10-13H2,1-3H3,(H2,27,28,29,31). The molecule has 1 saturated carbocycles. The minimum Gasteiger partial charge on any atom is -0.396 e. The number of thiazole rings is 1. The molecule has 0 amide bonds. The van der Waals surface area contributed by atoms with Crippen molar-refractivity contribution < 1.29 is 5.11 Å². The Bertz CT molecular complexity index is 1200. The summed E-state index contributed by atoms with van der Waals surface area (Å²) in [6.45, 7) is 7.45. The van der Waals surface area contributed by atoms with Crippen molar-refractivity contribution in [1.29, 1.82) is 0 Å². The van der Waals surface area contributed by atoms with E-state index >= 15 is 0 Å². The fraction of sp³-hybridized carbons (Fsp3) is 0.423. The van der Waals surface area contributed by atoms with Gasteiger partial charge < -0.3 is 15.7 Å². The van der Waals surface area contributed by atoms with Crippen LogP contribution in [0.15, 0.2) is 47.4 Å². The van der Waals surface area contributed by atoms with E-state index in [0.29, 0.717) is 30.2 Å². The zero-order valence-corrected chi connectivity index (χ0v) is 21.4. The number of aromatic nitrogens is 3. The third kappa shape index (κ3) is 4.72. The molecule has 1 aromatic carbocycles. The molecule has 3 heterocycles. The third-order valence-electron chi connectivity index (χ3n) is 7.13. The topological polar surface area (TPSA) is 83.0 Å². The summed E-state index contributed by atoms with van der Waals surface area (Å²) >= 11 is 3.47. The van der Waals surface area contributed by atoms with E-state index in [1.165, 1.54) is 5.57 Å². The van der Waals surface area contributed by atoms with E-state index in [0.717, 1.165) is 44.5 Å². The lowest BCUT2D eigenvalue weighted by Crippen LogP contribution is -2.25. The van der Waals surface area contributed by atoms with Gasteiger partial charge in [0, 0.05) is 24.9 Å². The molecule has 4 unspecified atom stereocenters. The molecule has 4 atom stereocenters. The number of nitrogens with zero attached hydrogens (tertiary/aromatic N) is 3. The largest absolute Gasteiger partial charge is 0.396 e. The number of anilines is 2. The van der Waals surface area contributed by atoms with Gasteiger partial charge >= 0.3 is 0 Å². The molecule has 5 rings (SSSR count). The highest BCUT2D eigenvalue weighted by Crippen LogP contribution is 2.41. The number of rotatable bonds is 7. The highest BCUT2D eigenvalue weighted by atomic mass is 32.2. The van der Waals surface area contributed by atoms with Crippen molar-refractivity contribution in [3.8, 4) is 10.6 Å². The summed E-state index contributed by atoms with van der Waals surface area (Å²) in [4.78, 5) is 14.7. The first-order valence-electron chi connectivity index (χ1n) is 11.9. The van der Waals surface area contributed by atoms with Crippen LogP contribution in [0.25, 0.3) is 20.8 Å². The summed E-state index contributed by atoms with van der Waals surface area (Å²) in [6, 6.07) is 8.45. The zero-order chi connectivity index (χ0) is 23.7. The summed E-state index contributed by atoms with van der Waals surface area (Å²) < 4.78 is 1.15. The second kappa shape index (κ2) is 10.1. The van der Waals surface area contributed by atoms with Crippen LogP contribution in [0.4, 0.5) is 11.8 Å². The second-order valence-corrected chi connectivity index (χ2v) is 11.2. The lowest BCUT2D eigenvalue weighted by atomic mass is 9.92. The van der Waals surface area contributed by atoms with Gasteiger partial charge in [0.15, 0.2) is 0 Å². The normalized spacial score (nSPS) is 24.4. The molecule has 1 fully saturated rings. The monoisotopic (exact) mass is 493 g/mol. The fourth-order valence-electron chi connectivity index (χ4n) is 4.88. The maximum Gasteiger partial charge on any atom is 0.225 e. The Morgan fingerprint density at radius 1 is 1.12 bits per heavy atom. The van der Waals surface area contributed by atoms with E-state index in [2.05, 4.69) is 48.1 Å². The minimum atomic E-state index is 0.227. The summed E-state index contributed by atoms with van der Waals surface area (Å²) in [5, 5.41) is 20.1. The number of hydrogen-bond acceptors (Lipinski definition) is 8. The van der Waals surface area contributed by atoms with Crippen molar-refractivity contribution in [3.63, 3.8) is 0 Å². The average Bonchev–Trinajstić information content (AvgIpc) is 3.39. The van der Waals surface area contributed by atoms with Crippen molar-refractivity contribution in [1.82, 2.24) is 15.0 Å². The number of aryl methyl sites for hydroxylation is 1. The molecule has 0 radical (unpaired) electrons. The number of hydrogen-bond donors (Lipinski definition) is 3. The Morgan fingerprint density at radius 2 is 1.97 bits per heavy atom. The zero-order valence-electron chi connectivity index (χ0n) is 19.8. The van der Waals surface area contributed by atoms with Gasteiger partial charge in [-0.25, -0.2) is 9.97 Å². The van der Waals surface area contributed by atoms with Gasteiger partial charge in [0.1, 0.15) is 10.8 Å². The van der Waals surface area contributed by atoms with Gasteiger partial charge in [-0.2, -0.15) is 4.98 Å². The molecule has 3 N–H and O–H groups in total. The molecular weight excluding hydrogens is 462 g/mol. The van der Waals surface area contributed by atoms with Crippen molar-refractivity contribution in [2.75, 3.05) is 29.5 Å². The van der Waals surface area contributed by atoms with Crippen LogP contribution in [0.1, 0.15) is 26.0 Å². The summed E-state index contributed by atoms with van der Waals surface area (Å²) in [5.74, 6) is 3.66. The first-order chi connectivity index (χ1) is 16.5. The summed E-state index contributed by atoms with van der Waals surface area (Å²) in [6.07, 6.45) is 5.26. The molecule has 0 saturated heterocycles. The van der Waals surface area contributed by atoms with Gasteiger partial charge in [0.05, 0.1) is 21.5 Å². The Balaban J connectivity index is 1.50. The molecule has 1 aliphatic carbocycles. The average molecular weight is 494 g/mol. The number of benzene rings is 1. The van der Waals surface area contributed by atoms with Crippen LogP contribution in [0.2, 0.25) is 0 Å². The SMILES string of the molecule is Cc1nc(NCC2=CSCC=C2)nc(NC2CC(CO)C(C)C2C)c1-c1nc2ccccc2s1. The molecule has 1 aliphatic heterocycles. The van der Waals surface area contributed by atoms with Gasteiger partial charge in [-0.15, -0.1) is 23.1 Å². The van der Waals surface area contributed by atoms with Crippen molar-refractivity contribution in [2.45, 2.75) is 33.2 Å². The predicted molar refractivity (Wildman–Crippen MR) is 144 cm³/mol. The first kappa shape index (κ1) is 23.3. The molecule has 0 bridgehead atoms. The molecule has 2 aromatic heterocycles. The molecule has 3 aromatic rings. The number of nitrogens with one attached hydrogen (secondary N) is 2. The number of fused-ring (bicyclic) bond motifs is 1. The highest BCUT2D eigenvalue weighted by molar-refractivity contribution is 8.02. The van der Waals surface area contributed by atoms with Crippen LogP contribution in [0, 0.1) is 24.7 Å². The van der Waals surface area contributed by atoms with E-state index in [1.807, 2.05) is 25.1 Å². The molecule has 178 valence electrons. The van der Waals surface area contributed by atoms with E-state index in [1.54, 1.807) is 23.1 Å². The second-order valence-electron chi connectivity index (χ2n) is 9.27. The molecule has 34 heavy (non-hydrogen) atoms. The van der Waals surface area contributed by atoms with E-state index in [4.69, 9.17) is 15.0 Å². The lowest BCUT2D eigenvalue weighted by molar-refractivity contribution is 0.191. The lowest BCUT2D eigenvalue weighted by Gasteiger charge is -2.22. The van der Waals surface area contributed by atoms with Gasteiger partial charge in [-0.05, 0) is 54.2 Å². The third-order valence-corrected chi connectivity index (χ3v) is 9.04. The van der Waals surface area contributed by atoms with Gasteiger partial charge in [-0.3, -0.25) is 0 Å². The Labute approximate surface area is 209 Å². The van der Waals surface area contributed by atoms with E-state index < -0.39 is 0 Å². The first-order valence-corrected chi connectivity index (χ1v) is 13.7. The summed E-state index contributed by atoms with van der Waals surface area (Å²) in [7, 11) is 0. The Morgan fingerprint density at radius 3 is 2.71 bits per heavy atom. The number of aliphatic hydroxyl groups is 1. The number of aliphatic hydroxyl groups excluding tert-OH is 1. The molecule has 6 nitrogen and oxygen atoms in total. The Kier molecular flexibility index (Phi) is 6.90. The molecular formula is C26H31N5OS2. The molecule has 8 heteroatoms. The van der Waals surface area contributed by atoms with Crippen LogP contribution < -0.4 is 10.6 Å². The van der Waals surface area contributed by atoms with Crippen LogP contribution in [0.5, 0.6) is 0 Å². The van der Waals surface area contributed by atoms with Crippen LogP contribution >= 0.6 is 23.1 Å².